The molecule has 0 atom stereocenters. The summed E-state index contributed by atoms with van der Waals surface area (Å²) < 4.78 is 10.7. The van der Waals surface area contributed by atoms with Crippen molar-refractivity contribution < 1.29 is 14.3 Å². The van der Waals surface area contributed by atoms with Crippen molar-refractivity contribution in [2.24, 2.45) is 5.41 Å². The van der Waals surface area contributed by atoms with E-state index in [0.29, 0.717) is 11.2 Å². The molecule has 1 aromatic heterocycles. The maximum atomic E-state index is 12.3. The predicted molar refractivity (Wildman–Crippen MR) is 133 cm³/mol. The summed E-state index contributed by atoms with van der Waals surface area (Å²) in [5.41, 5.74) is 2.43. The van der Waals surface area contributed by atoms with Gasteiger partial charge in [-0.25, -0.2) is 4.79 Å². The molecule has 0 aliphatic rings. The van der Waals surface area contributed by atoms with Crippen LogP contribution in [-0.2, 0) is 10.2 Å². The first-order chi connectivity index (χ1) is 15.0. The van der Waals surface area contributed by atoms with E-state index in [1.54, 1.807) is 26.8 Å². The Balaban J connectivity index is 2.02. The smallest absolute Gasteiger partial charge is 0.428 e. The highest BCUT2D eigenvalue weighted by Gasteiger charge is 2.28. The largest absolute Gasteiger partial charge is 0.514 e. The van der Waals surface area contributed by atoms with Gasteiger partial charge in [-0.1, -0.05) is 63.9 Å². The summed E-state index contributed by atoms with van der Waals surface area (Å²) in [7, 11) is 0. The second-order valence-electron chi connectivity index (χ2n) is 11.1. The fraction of sp³-hybridized carbons (Fsp3) is 0.480. The number of fused-ring (bicyclic) bond motifs is 1. The van der Waals surface area contributed by atoms with Crippen LogP contribution in [0.25, 0.3) is 16.7 Å². The molecular formula is C25H31Cl2N3O3. The van der Waals surface area contributed by atoms with E-state index in [-0.39, 0.29) is 26.6 Å². The van der Waals surface area contributed by atoms with Crippen molar-refractivity contribution in [3.63, 3.8) is 0 Å². The number of carbonyl (C=O) groups is 1. The highest BCUT2D eigenvalue weighted by Crippen LogP contribution is 2.37. The Kier molecular flexibility index (Phi) is 6.75. The molecule has 2 aromatic carbocycles. The highest BCUT2D eigenvalue weighted by molar-refractivity contribution is 6.42. The first kappa shape index (κ1) is 25.3. The zero-order chi connectivity index (χ0) is 24.8. The Morgan fingerprint density at radius 2 is 1.52 bits per heavy atom. The third-order valence-corrected chi connectivity index (χ3v) is 5.66. The number of carbonyl (C=O) groups excluding carboxylic acids is 1. The van der Waals surface area contributed by atoms with E-state index in [1.807, 2.05) is 6.07 Å². The minimum atomic E-state index is -0.856. The average Bonchev–Trinajstić information content (AvgIpc) is 3.04. The van der Waals surface area contributed by atoms with Crippen LogP contribution in [0, 0.1) is 5.41 Å². The maximum absolute atomic E-state index is 12.3. The van der Waals surface area contributed by atoms with Gasteiger partial charge in [-0.15, -0.1) is 15.0 Å². The number of rotatable bonds is 4. The number of hydrogen-bond donors (Lipinski definition) is 0. The van der Waals surface area contributed by atoms with Crippen LogP contribution < -0.4 is 4.74 Å². The predicted octanol–water partition coefficient (Wildman–Crippen LogP) is 7.76. The number of nitrogens with zero attached hydrogens (tertiary/aromatic N) is 3. The molecule has 0 radical (unpaired) electrons. The van der Waals surface area contributed by atoms with Crippen LogP contribution in [0.2, 0.25) is 10.0 Å². The van der Waals surface area contributed by atoms with Crippen LogP contribution in [-0.4, -0.2) is 26.8 Å². The molecule has 0 N–H and O–H groups in total. The standard InChI is InChI=1S/C25H31Cl2N3O3/c1-23(2,3)14-25(7,8)15-9-10-18-19(11-15)29-30(28-18)20-12-16(26)17(27)13-21(20)32-22(31)33-24(4,5)6/h9-13H,14H2,1-8H3. The van der Waals surface area contributed by atoms with Crippen LogP contribution >= 0.6 is 23.2 Å². The number of ether oxygens (including phenoxy) is 2. The number of benzene rings is 2. The quantitative estimate of drug-likeness (QED) is 0.275. The van der Waals surface area contributed by atoms with Gasteiger partial charge < -0.3 is 9.47 Å². The summed E-state index contributed by atoms with van der Waals surface area (Å²) in [6, 6.07) is 9.10. The molecule has 0 saturated heterocycles. The Morgan fingerprint density at radius 1 is 0.909 bits per heavy atom. The summed E-state index contributed by atoms with van der Waals surface area (Å²) in [6.07, 6.45) is 0.158. The van der Waals surface area contributed by atoms with Gasteiger partial charge in [0.2, 0.25) is 0 Å². The van der Waals surface area contributed by atoms with Gasteiger partial charge in [0.15, 0.2) is 5.75 Å². The van der Waals surface area contributed by atoms with Gasteiger partial charge >= 0.3 is 6.16 Å². The summed E-state index contributed by atoms with van der Waals surface area (Å²) >= 11 is 12.4. The first-order valence-electron chi connectivity index (χ1n) is 10.8. The van der Waals surface area contributed by atoms with Crippen molar-refractivity contribution in [3.05, 3.63) is 45.9 Å². The third kappa shape index (κ3) is 6.39. The molecule has 0 bridgehead atoms. The van der Waals surface area contributed by atoms with E-state index >= 15 is 0 Å². The molecule has 3 rings (SSSR count). The van der Waals surface area contributed by atoms with Gasteiger partial charge in [0, 0.05) is 6.07 Å². The topological polar surface area (TPSA) is 66.2 Å². The van der Waals surface area contributed by atoms with Gasteiger partial charge in [0.25, 0.3) is 0 Å². The van der Waals surface area contributed by atoms with Crippen molar-refractivity contribution in [1.29, 1.82) is 0 Å². The van der Waals surface area contributed by atoms with Gasteiger partial charge in [-0.05, 0) is 61.8 Å². The molecule has 0 saturated carbocycles. The molecule has 0 fully saturated rings. The van der Waals surface area contributed by atoms with E-state index in [2.05, 4.69) is 56.9 Å². The van der Waals surface area contributed by atoms with Crippen LogP contribution in [0.15, 0.2) is 30.3 Å². The Bertz CT molecular complexity index is 1190. The monoisotopic (exact) mass is 491 g/mol. The minimum absolute atomic E-state index is 0.0369. The number of hydrogen-bond acceptors (Lipinski definition) is 5. The lowest BCUT2D eigenvalue weighted by molar-refractivity contribution is 0.0205. The van der Waals surface area contributed by atoms with Crippen molar-refractivity contribution in [3.8, 4) is 11.4 Å². The van der Waals surface area contributed by atoms with Crippen LogP contribution in [0.5, 0.6) is 5.75 Å². The van der Waals surface area contributed by atoms with E-state index in [9.17, 15) is 4.79 Å². The zero-order valence-corrected chi connectivity index (χ0v) is 21.9. The lowest BCUT2D eigenvalue weighted by atomic mass is 9.72. The fourth-order valence-corrected chi connectivity index (χ4v) is 4.30. The molecule has 8 heteroatoms. The summed E-state index contributed by atoms with van der Waals surface area (Å²) in [5, 5.41) is 9.73. The summed E-state index contributed by atoms with van der Waals surface area (Å²) in [5.74, 6) is 0.146. The Morgan fingerprint density at radius 3 is 2.12 bits per heavy atom. The molecule has 0 aliphatic carbocycles. The summed E-state index contributed by atoms with van der Waals surface area (Å²) in [4.78, 5) is 13.7. The van der Waals surface area contributed by atoms with Crippen LogP contribution in [0.3, 0.4) is 0 Å². The molecule has 1 heterocycles. The van der Waals surface area contributed by atoms with E-state index in [1.165, 1.54) is 16.4 Å². The maximum Gasteiger partial charge on any atom is 0.514 e. The lowest BCUT2D eigenvalue weighted by Crippen LogP contribution is -2.26. The molecule has 0 amide bonds. The molecule has 3 aromatic rings. The SMILES string of the molecule is CC(C)(C)CC(C)(C)c1ccc2nn(-c3cc(Cl)c(Cl)cc3OC(=O)OC(C)(C)C)nc2c1. The van der Waals surface area contributed by atoms with Crippen molar-refractivity contribution in [1.82, 2.24) is 15.0 Å². The number of halogens is 2. The second kappa shape index (κ2) is 8.80. The molecule has 6 nitrogen and oxygen atoms in total. The molecule has 0 unspecified atom stereocenters. The fourth-order valence-electron chi connectivity index (χ4n) is 3.99. The molecule has 0 spiro atoms. The van der Waals surface area contributed by atoms with Crippen molar-refractivity contribution in [2.75, 3.05) is 0 Å². The Hall–Kier alpha value is -2.31. The third-order valence-electron chi connectivity index (χ3n) is 4.93. The average molecular weight is 492 g/mol. The second-order valence-corrected chi connectivity index (χ2v) is 11.9. The molecule has 178 valence electrons. The minimum Gasteiger partial charge on any atom is -0.428 e. The van der Waals surface area contributed by atoms with Crippen molar-refractivity contribution in [2.45, 2.75) is 72.8 Å². The van der Waals surface area contributed by atoms with Gasteiger partial charge in [-0.3, -0.25) is 0 Å². The van der Waals surface area contributed by atoms with Gasteiger partial charge in [0.05, 0.1) is 10.0 Å². The lowest BCUT2D eigenvalue weighted by Gasteiger charge is -2.32. The normalized spacial score (nSPS) is 12.8. The van der Waals surface area contributed by atoms with Gasteiger partial charge in [-0.2, -0.15) is 0 Å². The Labute approximate surface area is 205 Å². The van der Waals surface area contributed by atoms with Crippen molar-refractivity contribution >= 4 is 40.4 Å². The van der Waals surface area contributed by atoms with E-state index in [4.69, 9.17) is 32.7 Å². The molecular weight excluding hydrogens is 461 g/mol. The van der Waals surface area contributed by atoms with E-state index in [0.717, 1.165) is 11.9 Å². The van der Waals surface area contributed by atoms with Crippen LogP contribution in [0.1, 0.15) is 67.4 Å². The highest BCUT2D eigenvalue weighted by atomic mass is 35.5. The van der Waals surface area contributed by atoms with Crippen LogP contribution in [0.4, 0.5) is 4.79 Å². The van der Waals surface area contributed by atoms with Gasteiger partial charge in [0.1, 0.15) is 22.3 Å². The zero-order valence-electron chi connectivity index (χ0n) is 20.4. The van der Waals surface area contributed by atoms with E-state index < -0.39 is 11.8 Å². The molecule has 0 aliphatic heterocycles. The molecule has 33 heavy (non-hydrogen) atoms. The number of aromatic nitrogens is 3. The summed E-state index contributed by atoms with van der Waals surface area (Å²) in [6.45, 7) is 16.4. The first-order valence-corrected chi connectivity index (χ1v) is 11.6.